The molecule has 0 saturated heterocycles. The number of amides is 1. The molecule has 1 aromatic heterocycles. The van der Waals surface area contributed by atoms with Crippen molar-refractivity contribution in [2.24, 2.45) is 4.99 Å². The molecule has 2 aromatic carbocycles. The lowest BCUT2D eigenvalue weighted by Crippen LogP contribution is -2.22. The van der Waals surface area contributed by atoms with Gasteiger partial charge in [-0.3, -0.25) is 9.59 Å². The van der Waals surface area contributed by atoms with Gasteiger partial charge in [-0.05, 0) is 30.3 Å². The van der Waals surface area contributed by atoms with E-state index in [1.165, 1.54) is 48.1 Å². The summed E-state index contributed by atoms with van der Waals surface area (Å²) >= 11 is 1.02. The number of sulfone groups is 1. The predicted molar refractivity (Wildman–Crippen MR) is 101 cm³/mol. The van der Waals surface area contributed by atoms with Crippen LogP contribution in [0.15, 0.2) is 52.4 Å². The van der Waals surface area contributed by atoms with Gasteiger partial charge >= 0.3 is 5.97 Å². The van der Waals surface area contributed by atoms with Crippen molar-refractivity contribution in [2.75, 3.05) is 13.4 Å². The Balaban J connectivity index is 2.22. The average Bonchev–Trinajstić information content (AvgIpc) is 2.97. The lowest BCUT2D eigenvalue weighted by atomic mass is 10.2. The highest BCUT2D eigenvalue weighted by atomic mass is 32.2. The number of hydrogen-bond donors (Lipinski definition) is 0. The molecule has 10 heteroatoms. The smallest absolute Gasteiger partial charge is 0.325 e. The van der Waals surface area contributed by atoms with E-state index in [2.05, 4.69) is 9.73 Å². The number of fused-ring (bicyclic) bond motifs is 1. The highest BCUT2D eigenvalue weighted by Crippen LogP contribution is 2.22. The molecule has 0 aliphatic heterocycles. The number of esters is 1. The van der Waals surface area contributed by atoms with Crippen LogP contribution in [0.4, 0.5) is 4.39 Å². The third kappa shape index (κ3) is 4.02. The number of ether oxygens (including phenoxy) is 1. The molecule has 3 rings (SSSR count). The van der Waals surface area contributed by atoms with Crippen LogP contribution in [0.5, 0.6) is 0 Å². The van der Waals surface area contributed by atoms with Gasteiger partial charge in [0, 0.05) is 6.26 Å². The van der Waals surface area contributed by atoms with Crippen LogP contribution in [-0.2, 0) is 25.9 Å². The van der Waals surface area contributed by atoms with Crippen molar-refractivity contribution >= 4 is 43.3 Å². The third-order valence-corrected chi connectivity index (χ3v) is 6.05. The number of halogens is 1. The molecule has 0 N–H and O–H groups in total. The van der Waals surface area contributed by atoms with Crippen molar-refractivity contribution in [3.8, 4) is 0 Å². The molecule has 28 heavy (non-hydrogen) atoms. The minimum Gasteiger partial charge on any atom is -0.468 e. The molecule has 0 fully saturated rings. The van der Waals surface area contributed by atoms with E-state index in [1.807, 2.05) is 0 Å². The first-order valence-electron chi connectivity index (χ1n) is 7.94. The SMILES string of the molecule is COC(=O)Cn1c(=NC(=O)c2ccccc2F)sc2cc(S(C)(=O)=O)ccc21. The number of nitrogens with zero attached hydrogens (tertiary/aromatic N) is 2. The summed E-state index contributed by atoms with van der Waals surface area (Å²) in [6, 6.07) is 9.79. The fraction of sp³-hybridized carbons (Fsp3) is 0.167. The van der Waals surface area contributed by atoms with Crippen LogP contribution in [0.25, 0.3) is 10.2 Å². The number of carbonyl (C=O) groups excluding carboxylic acids is 2. The van der Waals surface area contributed by atoms with Crippen LogP contribution in [0.1, 0.15) is 10.4 Å². The van der Waals surface area contributed by atoms with Crippen LogP contribution >= 0.6 is 11.3 Å². The summed E-state index contributed by atoms with van der Waals surface area (Å²) in [7, 11) is -2.22. The molecule has 0 aliphatic rings. The Labute approximate surface area is 163 Å². The second-order valence-corrected chi connectivity index (χ2v) is 8.87. The van der Waals surface area contributed by atoms with Crippen LogP contribution in [0.2, 0.25) is 0 Å². The Morgan fingerprint density at radius 3 is 2.57 bits per heavy atom. The molecular formula is C18H15FN2O5S2. The maximum Gasteiger partial charge on any atom is 0.325 e. The lowest BCUT2D eigenvalue weighted by molar-refractivity contribution is -0.141. The molecule has 0 saturated carbocycles. The summed E-state index contributed by atoms with van der Waals surface area (Å²) < 4.78 is 44.1. The van der Waals surface area contributed by atoms with Crippen molar-refractivity contribution in [3.05, 3.63) is 58.6 Å². The summed E-state index contributed by atoms with van der Waals surface area (Å²) in [6.45, 7) is -0.238. The first-order chi connectivity index (χ1) is 13.2. The molecule has 0 radical (unpaired) electrons. The van der Waals surface area contributed by atoms with E-state index in [-0.39, 0.29) is 21.8 Å². The molecule has 0 unspecified atom stereocenters. The normalized spacial score (nSPS) is 12.3. The van der Waals surface area contributed by atoms with Gasteiger partial charge in [0.05, 0.1) is 27.8 Å². The Kier molecular flexibility index (Phi) is 5.43. The van der Waals surface area contributed by atoms with Crippen molar-refractivity contribution in [1.29, 1.82) is 0 Å². The quantitative estimate of drug-likeness (QED) is 0.601. The monoisotopic (exact) mass is 422 g/mol. The molecule has 0 spiro atoms. The predicted octanol–water partition coefficient (Wildman–Crippen LogP) is 2.16. The number of hydrogen-bond acceptors (Lipinski definition) is 6. The van der Waals surface area contributed by atoms with Gasteiger partial charge in [-0.1, -0.05) is 23.5 Å². The molecule has 0 atom stereocenters. The fourth-order valence-corrected chi connectivity index (χ4v) is 4.29. The Hall–Kier alpha value is -2.85. The zero-order valence-corrected chi connectivity index (χ0v) is 16.5. The van der Waals surface area contributed by atoms with E-state index in [1.54, 1.807) is 0 Å². The number of methoxy groups -OCH3 is 1. The minimum absolute atomic E-state index is 0.0958. The van der Waals surface area contributed by atoms with Gasteiger partial charge in [-0.25, -0.2) is 12.8 Å². The molecule has 0 aliphatic carbocycles. The molecular weight excluding hydrogens is 407 g/mol. The average molecular weight is 422 g/mol. The van der Waals surface area contributed by atoms with E-state index in [0.29, 0.717) is 10.2 Å². The maximum atomic E-state index is 13.9. The van der Waals surface area contributed by atoms with Gasteiger partial charge in [0.15, 0.2) is 14.6 Å². The van der Waals surface area contributed by atoms with E-state index in [0.717, 1.165) is 23.7 Å². The Morgan fingerprint density at radius 1 is 1.21 bits per heavy atom. The van der Waals surface area contributed by atoms with Crippen LogP contribution < -0.4 is 4.80 Å². The number of rotatable bonds is 4. The van der Waals surface area contributed by atoms with Crippen molar-refractivity contribution in [3.63, 3.8) is 0 Å². The standard InChI is InChI=1S/C18H15FN2O5S2/c1-26-16(22)10-21-14-8-7-11(28(2,24)25)9-15(14)27-18(21)20-17(23)12-5-3-4-6-13(12)19/h3-9H,10H2,1-2H3. The summed E-state index contributed by atoms with van der Waals surface area (Å²) in [5, 5.41) is 0. The zero-order valence-electron chi connectivity index (χ0n) is 14.9. The van der Waals surface area contributed by atoms with Crippen LogP contribution in [-0.4, -0.2) is 38.2 Å². The van der Waals surface area contributed by atoms with E-state index in [9.17, 15) is 22.4 Å². The Morgan fingerprint density at radius 2 is 1.93 bits per heavy atom. The lowest BCUT2D eigenvalue weighted by Gasteiger charge is -2.04. The number of carbonyl (C=O) groups is 2. The maximum absolute atomic E-state index is 13.9. The van der Waals surface area contributed by atoms with Crippen LogP contribution in [0, 0.1) is 5.82 Å². The van der Waals surface area contributed by atoms with Gasteiger partial charge < -0.3 is 9.30 Å². The van der Waals surface area contributed by atoms with Gasteiger partial charge in [-0.2, -0.15) is 4.99 Å². The topological polar surface area (TPSA) is 94.8 Å². The highest BCUT2D eigenvalue weighted by molar-refractivity contribution is 7.90. The van der Waals surface area contributed by atoms with Crippen molar-refractivity contribution in [1.82, 2.24) is 4.57 Å². The van der Waals surface area contributed by atoms with E-state index < -0.39 is 27.5 Å². The summed E-state index contributed by atoms with van der Waals surface area (Å²) in [4.78, 5) is 28.4. The number of aromatic nitrogens is 1. The second kappa shape index (κ2) is 7.64. The number of benzene rings is 2. The first-order valence-corrected chi connectivity index (χ1v) is 10.7. The minimum atomic E-state index is -3.44. The van der Waals surface area contributed by atoms with E-state index in [4.69, 9.17) is 0 Å². The third-order valence-electron chi connectivity index (χ3n) is 3.90. The van der Waals surface area contributed by atoms with Gasteiger partial charge in [0.2, 0.25) is 0 Å². The largest absolute Gasteiger partial charge is 0.468 e. The summed E-state index contributed by atoms with van der Waals surface area (Å²) in [5.41, 5.74) is 0.296. The molecule has 146 valence electrons. The fourth-order valence-electron chi connectivity index (χ4n) is 2.50. The second-order valence-electron chi connectivity index (χ2n) is 5.85. The van der Waals surface area contributed by atoms with Crippen molar-refractivity contribution in [2.45, 2.75) is 11.4 Å². The highest BCUT2D eigenvalue weighted by Gasteiger charge is 2.16. The van der Waals surface area contributed by atoms with Crippen LogP contribution in [0.3, 0.4) is 0 Å². The van der Waals surface area contributed by atoms with Gasteiger partial charge in [0.25, 0.3) is 5.91 Å². The van der Waals surface area contributed by atoms with Gasteiger partial charge in [0.1, 0.15) is 12.4 Å². The molecule has 3 aromatic rings. The molecule has 7 nitrogen and oxygen atoms in total. The Bertz CT molecular complexity index is 1260. The van der Waals surface area contributed by atoms with Gasteiger partial charge in [-0.15, -0.1) is 0 Å². The molecule has 0 bridgehead atoms. The molecule has 1 amide bonds. The summed E-state index contributed by atoms with van der Waals surface area (Å²) in [5.74, 6) is -2.10. The first kappa shape index (κ1) is 19.9. The van der Waals surface area contributed by atoms with Crippen molar-refractivity contribution < 1.29 is 27.1 Å². The van der Waals surface area contributed by atoms with E-state index >= 15 is 0 Å². The number of thiazole rings is 1. The summed E-state index contributed by atoms with van der Waals surface area (Å²) in [6.07, 6.45) is 1.08. The zero-order chi connectivity index (χ0) is 20.5. The molecule has 1 heterocycles.